The molecule has 1 aromatic rings. The molecule has 4 nitrogen and oxygen atoms in total. The lowest BCUT2D eigenvalue weighted by Crippen LogP contribution is -2.46. The molecule has 1 aromatic carbocycles. The summed E-state index contributed by atoms with van der Waals surface area (Å²) in [6.07, 6.45) is 2.79. The molecule has 0 radical (unpaired) electrons. The second kappa shape index (κ2) is 7.24. The fourth-order valence-corrected chi connectivity index (χ4v) is 2.53. The maximum Gasteiger partial charge on any atom is 0.123 e. The Kier molecular flexibility index (Phi) is 5.35. The lowest BCUT2D eigenvalue weighted by molar-refractivity contribution is 0.253. The van der Waals surface area contributed by atoms with E-state index in [0.717, 1.165) is 51.3 Å². The van der Waals surface area contributed by atoms with Crippen molar-refractivity contribution < 1.29 is 4.39 Å². The van der Waals surface area contributed by atoms with Crippen LogP contribution in [0, 0.1) is 11.2 Å². The number of nitrogens with two attached hydrogens (primary N) is 1. The lowest BCUT2D eigenvalue weighted by Gasteiger charge is -2.36. The molecule has 0 unspecified atom stereocenters. The Morgan fingerprint density at radius 1 is 1.10 bits per heavy atom. The summed E-state index contributed by atoms with van der Waals surface area (Å²) in [6.45, 7) is 5.12. The van der Waals surface area contributed by atoms with Gasteiger partial charge in [0.05, 0.1) is 5.84 Å². The van der Waals surface area contributed by atoms with E-state index in [-0.39, 0.29) is 11.7 Å². The van der Waals surface area contributed by atoms with Crippen LogP contribution in [0.1, 0.15) is 19.3 Å². The molecule has 2 rings (SSSR count). The fourth-order valence-electron chi connectivity index (χ4n) is 2.53. The number of halogens is 1. The minimum absolute atomic E-state index is 0.183. The second-order valence-corrected chi connectivity index (χ2v) is 5.29. The van der Waals surface area contributed by atoms with E-state index in [0.29, 0.717) is 6.42 Å². The van der Waals surface area contributed by atoms with Gasteiger partial charge in [-0.25, -0.2) is 4.39 Å². The van der Waals surface area contributed by atoms with Crippen molar-refractivity contribution in [3.05, 3.63) is 30.1 Å². The molecule has 0 spiro atoms. The third-order valence-electron chi connectivity index (χ3n) is 3.73. The largest absolute Gasteiger partial charge is 0.388 e. The molecule has 5 heteroatoms. The Bertz CT molecular complexity index is 424. The zero-order valence-corrected chi connectivity index (χ0v) is 11.8. The minimum atomic E-state index is -0.183. The van der Waals surface area contributed by atoms with Gasteiger partial charge in [0, 0.05) is 38.3 Å². The van der Waals surface area contributed by atoms with Gasteiger partial charge in [0.15, 0.2) is 0 Å². The van der Waals surface area contributed by atoms with Gasteiger partial charge < -0.3 is 10.6 Å². The third-order valence-corrected chi connectivity index (χ3v) is 3.73. The van der Waals surface area contributed by atoms with E-state index in [1.807, 2.05) is 12.1 Å². The predicted molar refractivity (Wildman–Crippen MR) is 80.8 cm³/mol. The van der Waals surface area contributed by atoms with E-state index in [4.69, 9.17) is 11.1 Å². The molecule has 0 atom stereocenters. The van der Waals surface area contributed by atoms with Crippen LogP contribution in [0.15, 0.2) is 24.3 Å². The first-order valence-electron chi connectivity index (χ1n) is 7.21. The highest BCUT2D eigenvalue weighted by Gasteiger charge is 2.16. The van der Waals surface area contributed by atoms with Crippen molar-refractivity contribution in [3.63, 3.8) is 0 Å². The van der Waals surface area contributed by atoms with Crippen LogP contribution in [-0.4, -0.2) is 43.5 Å². The third kappa shape index (κ3) is 4.49. The Balaban J connectivity index is 1.69. The van der Waals surface area contributed by atoms with Crippen LogP contribution in [0.4, 0.5) is 10.1 Å². The standard InChI is InChI=1S/C15H23FN4/c16-13-4-6-14(7-5-13)20-11-9-19(10-12-20)8-2-1-3-15(17)18/h4-7H,1-3,8-12H2,(H3,17,18). The van der Waals surface area contributed by atoms with Crippen molar-refractivity contribution in [1.29, 1.82) is 5.41 Å². The summed E-state index contributed by atoms with van der Waals surface area (Å²) in [6, 6.07) is 6.72. The van der Waals surface area contributed by atoms with Gasteiger partial charge in [0.2, 0.25) is 0 Å². The molecule has 0 amide bonds. The van der Waals surface area contributed by atoms with Crippen molar-refractivity contribution in [1.82, 2.24) is 4.90 Å². The van der Waals surface area contributed by atoms with Crippen LogP contribution in [-0.2, 0) is 0 Å². The average Bonchev–Trinajstić information content (AvgIpc) is 2.45. The number of piperazine rings is 1. The van der Waals surface area contributed by atoms with Crippen molar-refractivity contribution in [2.45, 2.75) is 19.3 Å². The number of anilines is 1. The molecule has 110 valence electrons. The zero-order chi connectivity index (χ0) is 14.4. The number of unbranched alkanes of at least 4 members (excludes halogenated alkanes) is 1. The number of hydrogen-bond acceptors (Lipinski definition) is 3. The molecule has 3 N–H and O–H groups in total. The molecule has 0 aromatic heterocycles. The summed E-state index contributed by atoms with van der Waals surface area (Å²) in [7, 11) is 0. The molecule has 1 saturated heterocycles. The van der Waals surface area contributed by atoms with Gasteiger partial charge in [-0.3, -0.25) is 10.3 Å². The van der Waals surface area contributed by atoms with Crippen LogP contribution < -0.4 is 10.6 Å². The van der Waals surface area contributed by atoms with Crippen LogP contribution in [0.3, 0.4) is 0 Å². The Morgan fingerprint density at radius 2 is 1.75 bits per heavy atom. The first-order valence-corrected chi connectivity index (χ1v) is 7.21. The maximum atomic E-state index is 12.9. The van der Waals surface area contributed by atoms with Gasteiger partial charge in [-0.05, 0) is 43.7 Å². The van der Waals surface area contributed by atoms with Crippen LogP contribution in [0.25, 0.3) is 0 Å². The number of amidine groups is 1. The highest BCUT2D eigenvalue weighted by Crippen LogP contribution is 2.17. The van der Waals surface area contributed by atoms with E-state index in [9.17, 15) is 4.39 Å². The molecule has 0 bridgehead atoms. The minimum Gasteiger partial charge on any atom is -0.388 e. The van der Waals surface area contributed by atoms with Crippen molar-refractivity contribution >= 4 is 11.5 Å². The summed E-state index contributed by atoms with van der Waals surface area (Å²) in [4.78, 5) is 4.74. The fraction of sp³-hybridized carbons (Fsp3) is 0.533. The topological polar surface area (TPSA) is 56.4 Å². The molecule has 0 aliphatic carbocycles. The molecule has 1 fully saturated rings. The first-order chi connectivity index (χ1) is 9.65. The van der Waals surface area contributed by atoms with E-state index in [1.54, 1.807) is 0 Å². The number of rotatable bonds is 6. The molecule has 20 heavy (non-hydrogen) atoms. The zero-order valence-electron chi connectivity index (χ0n) is 11.8. The van der Waals surface area contributed by atoms with Crippen molar-refractivity contribution in [3.8, 4) is 0 Å². The second-order valence-electron chi connectivity index (χ2n) is 5.29. The number of hydrogen-bond donors (Lipinski definition) is 2. The Hall–Kier alpha value is -1.62. The van der Waals surface area contributed by atoms with Crippen LogP contribution in [0.2, 0.25) is 0 Å². The normalized spacial score (nSPS) is 16.4. The lowest BCUT2D eigenvalue weighted by atomic mass is 10.2. The summed E-state index contributed by atoms with van der Waals surface area (Å²) >= 11 is 0. The van der Waals surface area contributed by atoms with Gasteiger partial charge in [-0.2, -0.15) is 0 Å². The summed E-state index contributed by atoms with van der Waals surface area (Å²) in [5.74, 6) is 0.101. The summed E-state index contributed by atoms with van der Waals surface area (Å²) in [5.41, 5.74) is 6.44. The van der Waals surface area contributed by atoms with Crippen molar-refractivity contribution in [2.75, 3.05) is 37.6 Å². The van der Waals surface area contributed by atoms with E-state index in [1.165, 1.54) is 12.1 Å². The molecule has 0 saturated carbocycles. The number of benzene rings is 1. The Labute approximate surface area is 119 Å². The van der Waals surface area contributed by atoms with Gasteiger partial charge in [-0.15, -0.1) is 0 Å². The highest BCUT2D eigenvalue weighted by atomic mass is 19.1. The van der Waals surface area contributed by atoms with Gasteiger partial charge >= 0.3 is 0 Å². The predicted octanol–water partition coefficient (Wildman–Crippen LogP) is 2.05. The molecule has 1 aliphatic rings. The smallest absolute Gasteiger partial charge is 0.123 e. The van der Waals surface area contributed by atoms with Crippen LogP contribution >= 0.6 is 0 Å². The van der Waals surface area contributed by atoms with Gasteiger partial charge in [0.1, 0.15) is 5.82 Å². The van der Waals surface area contributed by atoms with Crippen LogP contribution in [0.5, 0.6) is 0 Å². The van der Waals surface area contributed by atoms with Crippen molar-refractivity contribution in [2.24, 2.45) is 5.73 Å². The number of nitrogens with zero attached hydrogens (tertiary/aromatic N) is 2. The van der Waals surface area contributed by atoms with E-state index in [2.05, 4.69) is 9.80 Å². The highest BCUT2D eigenvalue weighted by molar-refractivity contribution is 5.76. The summed E-state index contributed by atoms with van der Waals surface area (Å²) in [5, 5.41) is 7.18. The number of nitrogens with one attached hydrogen (secondary N) is 1. The maximum absolute atomic E-state index is 12.9. The molecule has 1 aliphatic heterocycles. The van der Waals surface area contributed by atoms with E-state index < -0.39 is 0 Å². The molecule has 1 heterocycles. The van der Waals surface area contributed by atoms with Gasteiger partial charge in [-0.1, -0.05) is 0 Å². The van der Waals surface area contributed by atoms with E-state index >= 15 is 0 Å². The van der Waals surface area contributed by atoms with Gasteiger partial charge in [0.25, 0.3) is 0 Å². The quantitative estimate of drug-likeness (QED) is 0.476. The SMILES string of the molecule is N=C(N)CCCCN1CCN(c2ccc(F)cc2)CC1. The molecular formula is C15H23FN4. The Morgan fingerprint density at radius 3 is 2.35 bits per heavy atom. The first kappa shape index (κ1) is 14.8. The average molecular weight is 278 g/mol. The molecular weight excluding hydrogens is 255 g/mol. The summed E-state index contributed by atoms with van der Waals surface area (Å²) < 4.78 is 12.9. The monoisotopic (exact) mass is 278 g/mol.